The van der Waals surface area contributed by atoms with E-state index in [1.54, 1.807) is 6.07 Å². The largest absolute Gasteiger partial charge is 0.433 e. The summed E-state index contributed by atoms with van der Waals surface area (Å²) in [6.45, 7) is -3.60. The normalized spacial score (nSPS) is 11.3. The first-order valence-corrected chi connectivity index (χ1v) is 6.77. The number of ether oxygens (including phenoxy) is 1. The van der Waals surface area contributed by atoms with Crippen LogP contribution in [0.2, 0.25) is 0 Å². The number of benzene rings is 1. The highest BCUT2D eigenvalue weighted by atomic mass is 35.7. The van der Waals surface area contributed by atoms with Gasteiger partial charge in [0.15, 0.2) is 5.75 Å². The fourth-order valence-electron chi connectivity index (χ4n) is 1.32. The summed E-state index contributed by atoms with van der Waals surface area (Å²) < 4.78 is 51.1. The van der Waals surface area contributed by atoms with E-state index in [-0.39, 0.29) is 17.7 Å². The van der Waals surface area contributed by atoms with Gasteiger partial charge in [0.2, 0.25) is 0 Å². The maximum absolute atomic E-state index is 12.3. The number of alkyl halides is 2. The topological polar surface area (TPSA) is 93.2 Å². The first-order valence-electron chi connectivity index (χ1n) is 4.46. The Labute approximate surface area is 106 Å². The Hall–Kier alpha value is -1.43. The summed E-state index contributed by atoms with van der Waals surface area (Å²) in [7, 11) is 0.807. The molecule has 0 fully saturated rings. The Balaban J connectivity index is 3.61. The van der Waals surface area contributed by atoms with Crippen molar-refractivity contribution in [3.63, 3.8) is 0 Å². The lowest BCUT2D eigenvalue weighted by Gasteiger charge is -2.13. The van der Waals surface area contributed by atoms with Crippen LogP contribution in [0.4, 0.5) is 8.78 Å². The van der Waals surface area contributed by atoms with E-state index in [4.69, 9.17) is 21.7 Å². The highest BCUT2D eigenvalue weighted by molar-refractivity contribution is 8.13. The molecule has 0 heterocycles. The molecule has 0 aromatic heterocycles. The van der Waals surface area contributed by atoms with Gasteiger partial charge in [-0.1, -0.05) is 0 Å². The molecule has 0 saturated heterocycles. The highest BCUT2D eigenvalue weighted by Crippen LogP contribution is 2.33. The third-order valence-corrected chi connectivity index (χ3v) is 3.36. The number of nitrogens with zero attached hydrogens (tertiary/aromatic N) is 1. The van der Waals surface area contributed by atoms with Gasteiger partial charge in [0, 0.05) is 22.8 Å². The van der Waals surface area contributed by atoms with Crippen LogP contribution in [0.3, 0.4) is 0 Å². The first-order chi connectivity index (χ1) is 8.31. The average molecular weight is 297 g/mol. The van der Waals surface area contributed by atoms with Gasteiger partial charge >= 0.3 is 6.61 Å². The second kappa shape index (κ2) is 5.48. The monoisotopic (exact) mass is 296 g/mol. The fourth-order valence-corrected chi connectivity index (χ4v) is 2.31. The molecule has 0 unspecified atom stereocenters. The van der Waals surface area contributed by atoms with E-state index in [1.807, 2.05) is 0 Å². The number of nitrogens with two attached hydrogens (primary N) is 1. The molecule has 0 aliphatic heterocycles. The average Bonchev–Trinajstić information content (AvgIpc) is 2.25. The molecule has 1 rings (SSSR count). The Bertz CT molecular complexity index is 599. The molecule has 0 saturated carbocycles. The Morgan fingerprint density at radius 2 is 2.11 bits per heavy atom. The first kappa shape index (κ1) is 14.6. The Kier molecular flexibility index (Phi) is 4.45. The van der Waals surface area contributed by atoms with Crippen molar-refractivity contribution in [1.82, 2.24) is 0 Å². The summed E-state index contributed by atoms with van der Waals surface area (Å²) in [5.74, 6) is -0.693. The molecule has 9 heteroatoms. The van der Waals surface area contributed by atoms with Gasteiger partial charge in [-0.15, -0.1) is 0 Å². The van der Waals surface area contributed by atoms with Crippen molar-refractivity contribution < 1.29 is 21.9 Å². The van der Waals surface area contributed by atoms with Gasteiger partial charge in [-0.2, -0.15) is 14.0 Å². The van der Waals surface area contributed by atoms with Crippen LogP contribution in [0.25, 0.3) is 0 Å². The van der Waals surface area contributed by atoms with Crippen molar-refractivity contribution in [3.05, 3.63) is 23.3 Å². The lowest BCUT2D eigenvalue weighted by atomic mass is 10.1. The third-order valence-electron chi connectivity index (χ3n) is 2.02. The molecule has 1 aromatic carbocycles. The zero-order valence-corrected chi connectivity index (χ0v) is 10.3. The molecule has 1 aromatic rings. The van der Waals surface area contributed by atoms with Crippen LogP contribution in [0, 0.1) is 11.3 Å². The van der Waals surface area contributed by atoms with Crippen LogP contribution in [-0.2, 0) is 15.6 Å². The van der Waals surface area contributed by atoms with Gasteiger partial charge in [0.1, 0.15) is 4.90 Å². The van der Waals surface area contributed by atoms with E-state index < -0.39 is 26.3 Å². The van der Waals surface area contributed by atoms with Gasteiger partial charge in [0.05, 0.1) is 11.6 Å². The molecule has 0 aliphatic carbocycles. The second-order valence-electron chi connectivity index (χ2n) is 3.05. The van der Waals surface area contributed by atoms with E-state index in [0.717, 1.165) is 12.1 Å². The molecule has 98 valence electrons. The molecule has 0 amide bonds. The maximum atomic E-state index is 12.3. The molecular weight excluding hydrogens is 290 g/mol. The quantitative estimate of drug-likeness (QED) is 0.851. The predicted octanol–water partition coefficient (Wildman–Crippen LogP) is 1.55. The molecular formula is C9H7ClF2N2O3S. The van der Waals surface area contributed by atoms with Crippen LogP contribution in [0.15, 0.2) is 17.0 Å². The van der Waals surface area contributed by atoms with Crippen molar-refractivity contribution in [2.75, 3.05) is 0 Å². The van der Waals surface area contributed by atoms with E-state index in [9.17, 15) is 17.2 Å². The zero-order valence-electron chi connectivity index (χ0n) is 8.73. The minimum atomic E-state index is -4.29. The molecule has 0 bridgehead atoms. The third kappa shape index (κ3) is 3.07. The molecule has 2 N–H and O–H groups in total. The smallest absolute Gasteiger partial charge is 0.387 e. The van der Waals surface area contributed by atoms with Crippen LogP contribution in [0.1, 0.15) is 11.1 Å². The molecule has 0 spiro atoms. The van der Waals surface area contributed by atoms with Crippen molar-refractivity contribution in [2.24, 2.45) is 5.73 Å². The van der Waals surface area contributed by atoms with Crippen LogP contribution >= 0.6 is 10.7 Å². The van der Waals surface area contributed by atoms with Crippen molar-refractivity contribution in [2.45, 2.75) is 18.1 Å². The van der Waals surface area contributed by atoms with Crippen LogP contribution in [0.5, 0.6) is 5.75 Å². The molecule has 0 aliphatic rings. The van der Waals surface area contributed by atoms with Gasteiger partial charge < -0.3 is 10.5 Å². The summed E-state index contributed by atoms with van der Waals surface area (Å²) in [4.78, 5) is -0.649. The highest BCUT2D eigenvalue weighted by Gasteiger charge is 2.24. The summed E-state index contributed by atoms with van der Waals surface area (Å²) >= 11 is 0. The zero-order chi connectivity index (χ0) is 13.9. The van der Waals surface area contributed by atoms with Crippen LogP contribution < -0.4 is 10.5 Å². The number of rotatable bonds is 4. The van der Waals surface area contributed by atoms with Crippen molar-refractivity contribution in [3.8, 4) is 11.8 Å². The lowest BCUT2D eigenvalue weighted by molar-refractivity contribution is -0.0523. The molecule has 5 nitrogen and oxygen atoms in total. The number of hydrogen-bond acceptors (Lipinski definition) is 5. The van der Waals surface area contributed by atoms with Gasteiger partial charge in [-0.25, -0.2) is 8.42 Å². The standard InChI is InChI=1S/C9H7ClF2N2O3S/c10-18(15,16)7-2-1-5(3-13)6(4-14)8(7)17-9(11)12/h1-2,9H,4,14H2. The van der Waals surface area contributed by atoms with Gasteiger partial charge in [0.25, 0.3) is 9.05 Å². The Morgan fingerprint density at radius 3 is 2.50 bits per heavy atom. The second-order valence-corrected chi connectivity index (χ2v) is 5.59. The van der Waals surface area contributed by atoms with E-state index in [1.165, 1.54) is 0 Å². The van der Waals surface area contributed by atoms with Crippen molar-refractivity contribution >= 4 is 19.7 Å². The predicted molar refractivity (Wildman–Crippen MR) is 58.7 cm³/mol. The van der Waals surface area contributed by atoms with Gasteiger partial charge in [-0.3, -0.25) is 0 Å². The summed E-state index contributed by atoms with van der Waals surface area (Å²) in [6, 6.07) is 3.73. The summed E-state index contributed by atoms with van der Waals surface area (Å²) in [5.41, 5.74) is 5.10. The molecule has 18 heavy (non-hydrogen) atoms. The van der Waals surface area contributed by atoms with Crippen LogP contribution in [-0.4, -0.2) is 15.0 Å². The summed E-state index contributed by atoms with van der Waals surface area (Å²) in [5, 5.41) is 8.77. The lowest BCUT2D eigenvalue weighted by Crippen LogP contribution is -2.12. The van der Waals surface area contributed by atoms with Gasteiger partial charge in [-0.05, 0) is 12.1 Å². The molecule has 0 atom stereocenters. The molecule has 0 radical (unpaired) electrons. The minimum Gasteiger partial charge on any atom is -0.433 e. The van der Waals surface area contributed by atoms with E-state index >= 15 is 0 Å². The fraction of sp³-hybridized carbons (Fsp3) is 0.222. The number of hydrogen-bond donors (Lipinski definition) is 1. The Morgan fingerprint density at radius 1 is 1.50 bits per heavy atom. The van der Waals surface area contributed by atoms with Crippen molar-refractivity contribution in [1.29, 1.82) is 5.26 Å². The summed E-state index contributed by atoms with van der Waals surface area (Å²) in [6.07, 6.45) is 0. The number of halogens is 3. The maximum Gasteiger partial charge on any atom is 0.387 e. The SMILES string of the molecule is N#Cc1ccc(S(=O)(=O)Cl)c(OC(F)F)c1CN. The minimum absolute atomic E-state index is 0.0581. The van der Waals surface area contributed by atoms with E-state index in [2.05, 4.69) is 4.74 Å². The number of nitriles is 1. The van der Waals surface area contributed by atoms with E-state index in [0.29, 0.717) is 0 Å².